The molecule has 0 saturated heterocycles. The molecule has 0 spiro atoms. The summed E-state index contributed by atoms with van der Waals surface area (Å²) in [5.41, 5.74) is 5.06. The Morgan fingerprint density at radius 2 is 1.73 bits per heavy atom. The highest BCUT2D eigenvalue weighted by Gasteiger charge is 2.13. The monoisotopic (exact) mass is 300 g/mol. The van der Waals surface area contributed by atoms with Crippen molar-refractivity contribution in [3.8, 4) is 5.69 Å². The van der Waals surface area contributed by atoms with Gasteiger partial charge in [0.1, 0.15) is 5.69 Å². The van der Waals surface area contributed by atoms with Gasteiger partial charge in [0.25, 0.3) is 0 Å². The Hall–Kier alpha value is -2.43. The molecule has 0 atom stereocenters. The summed E-state index contributed by atoms with van der Waals surface area (Å²) in [6, 6.07) is 5.65. The summed E-state index contributed by atoms with van der Waals surface area (Å²) in [5, 5.41) is 13.2. The largest absolute Gasteiger partial charge is 0.481 e. The summed E-state index contributed by atoms with van der Waals surface area (Å²) < 4.78 is 1.74. The Labute approximate surface area is 129 Å². The lowest BCUT2D eigenvalue weighted by atomic mass is 10.0. The molecule has 5 heteroatoms. The van der Waals surface area contributed by atoms with Crippen LogP contribution in [0.15, 0.2) is 23.0 Å². The second-order valence-corrected chi connectivity index (χ2v) is 5.65. The zero-order valence-corrected chi connectivity index (χ0v) is 13.3. The highest BCUT2D eigenvalue weighted by atomic mass is 16.4. The van der Waals surface area contributed by atoms with Gasteiger partial charge in [0.2, 0.25) is 5.43 Å². The van der Waals surface area contributed by atoms with E-state index < -0.39 is 5.97 Å². The molecule has 1 N–H and O–H groups in total. The first-order valence-electron chi connectivity index (χ1n) is 7.19. The van der Waals surface area contributed by atoms with Crippen molar-refractivity contribution >= 4 is 5.97 Å². The van der Waals surface area contributed by atoms with Gasteiger partial charge in [-0.3, -0.25) is 9.59 Å². The molecule has 2 aromatic rings. The van der Waals surface area contributed by atoms with E-state index >= 15 is 0 Å². The van der Waals surface area contributed by atoms with E-state index in [1.807, 2.05) is 27.7 Å². The van der Waals surface area contributed by atoms with Crippen molar-refractivity contribution in [2.24, 2.45) is 0 Å². The summed E-state index contributed by atoms with van der Waals surface area (Å²) in [4.78, 5) is 22.7. The van der Waals surface area contributed by atoms with E-state index in [1.54, 1.807) is 4.68 Å². The Bertz CT molecular complexity index is 768. The molecule has 0 bridgehead atoms. The van der Waals surface area contributed by atoms with Gasteiger partial charge in [-0.2, -0.15) is 5.10 Å². The van der Waals surface area contributed by atoms with Crippen molar-refractivity contribution < 1.29 is 9.90 Å². The van der Waals surface area contributed by atoms with E-state index in [1.165, 1.54) is 11.6 Å². The molecule has 0 fully saturated rings. The number of hydrogen-bond acceptors (Lipinski definition) is 3. The van der Waals surface area contributed by atoms with Gasteiger partial charge < -0.3 is 5.11 Å². The van der Waals surface area contributed by atoms with Crippen LogP contribution in [0, 0.1) is 27.7 Å². The molecule has 0 unspecified atom stereocenters. The van der Waals surface area contributed by atoms with Crippen LogP contribution in [0.25, 0.3) is 5.69 Å². The zero-order chi connectivity index (χ0) is 16.4. The Morgan fingerprint density at radius 3 is 2.27 bits per heavy atom. The first kappa shape index (κ1) is 15.9. The third-order valence-electron chi connectivity index (χ3n) is 3.60. The molecular weight excluding hydrogens is 280 g/mol. The lowest BCUT2D eigenvalue weighted by molar-refractivity contribution is -0.136. The number of aromatic nitrogens is 2. The van der Waals surface area contributed by atoms with Crippen molar-refractivity contribution in [1.82, 2.24) is 9.78 Å². The van der Waals surface area contributed by atoms with Gasteiger partial charge in [-0.1, -0.05) is 17.7 Å². The van der Waals surface area contributed by atoms with Crippen LogP contribution < -0.4 is 5.43 Å². The van der Waals surface area contributed by atoms with Crippen LogP contribution in [0.5, 0.6) is 0 Å². The fraction of sp³-hybridized carbons (Fsp3) is 0.353. The topological polar surface area (TPSA) is 72.2 Å². The molecule has 0 saturated carbocycles. The second-order valence-electron chi connectivity index (χ2n) is 5.65. The van der Waals surface area contributed by atoms with Gasteiger partial charge in [-0.05, 0) is 38.8 Å². The van der Waals surface area contributed by atoms with E-state index in [4.69, 9.17) is 5.11 Å². The van der Waals surface area contributed by atoms with Crippen molar-refractivity contribution in [3.05, 3.63) is 56.5 Å². The standard InChI is InChI=1S/C17H20N2O3/c1-10-7-11(2)17(12(3)8-10)19-13(4)9-15(20)14(18-19)5-6-16(21)22/h7-9H,5-6H2,1-4H3,(H,21,22). The molecule has 0 aliphatic carbocycles. The molecule has 1 aromatic heterocycles. The zero-order valence-electron chi connectivity index (χ0n) is 13.3. The smallest absolute Gasteiger partial charge is 0.303 e. The predicted octanol–water partition coefficient (Wildman–Crippen LogP) is 2.48. The maximum Gasteiger partial charge on any atom is 0.303 e. The third kappa shape index (κ3) is 3.24. The summed E-state index contributed by atoms with van der Waals surface area (Å²) in [5.74, 6) is -0.934. The first-order chi connectivity index (χ1) is 10.3. The summed E-state index contributed by atoms with van der Waals surface area (Å²) in [6.45, 7) is 7.87. The van der Waals surface area contributed by atoms with Crippen molar-refractivity contribution in [3.63, 3.8) is 0 Å². The Kier molecular flexibility index (Phi) is 4.45. The van der Waals surface area contributed by atoms with Gasteiger partial charge in [0.15, 0.2) is 0 Å². The molecule has 1 heterocycles. The van der Waals surface area contributed by atoms with E-state index in [9.17, 15) is 9.59 Å². The fourth-order valence-electron chi connectivity index (χ4n) is 2.71. The molecule has 2 rings (SSSR count). The summed E-state index contributed by atoms with van der Waals surface area (Å²) in [7, 11) is 0. The first-order valence-corrected chi connectivity index (χ1v) is 7.19. The molecule has 5 nitrogen and oxygen atoms in total. The van der Waals surface area contributed by atoms with Crippen molar-refractivity contribution in [2.75, 3.05) is 0 Å². The van der Waals surface area contributed by atoms with Gasteiger partial charge in [0, 0.05) is 18.2 Å². The Balaban J connectivity index is 2.59. The number of carboxylic acid groups (broad SMARTS) is 1. The van der Waals surface area contributed by atoms with Crippen molar-refractivity contribution in [1.29, 1.82) is 0 Å². The van der Waals surface area contributed by atoms with Crippen LogP contribution in [-0.4, -0.2) is 20.9 Å². The van der Waals surface area contributed by atoms with E-state index in [2.05, 4.69) is 17.2 Å². The lowest BCUT2D eigenvalue weighted by Crippen LogP contribution is -2.20. The molecule has 0 amide bonds. The number of aryl methyl sites for hydroxylation is 5. The van der Waals surface area contributed by atoms with E-state index in [0.29, 0.717) is 0 Å². The van der Waals surface area contributed by atoms with Crippen LogP contribution in [0.4, 0.5) is 0 Å². The van der Waals surface area contributed by atoms with Crippen LogP contribution in [-0.2, 0) is 11.2 Å². The second kappa shape index (κ2) is 6.13. The number of carboxylic acids is 1. The maximum absolute atomic E-state index is 12.0. The minimum Gasteiger partial charge on any atom is -0.481 e. The minimum atomic E-state index is -0.934. The van der Waals surface area contributed by atoms with Crippen LogP contribution >= 0.6 is 0 Å². The van der Waals surface area contributed by atoms with Gasteiger partial charge in [-0.15, -0.1) is 0 Å². The average Bonchev–Trinajstić information content (AvgIpc) is 2.38. The molecule has 1 aromatic carbocycles. The lowest BCUT2D eigenvalue weighted by Gasteiger charge is -2.16. The minimum absolute atomic E-state index is 0.100. The number of aliphatic carboxylic acids is 1. The molecule has 0 aliphatic rings. The third-order valence-corrected chi connectivity index (χ3v) is 3.60. The molecule has 116 valence electrons. The quantitative estimate of drug-likeness (QED) is 0.941. The van der Waals surface area contributed by atoms with Crippen LogP contribution in [0.3, 0.4) is 0 Å². The summed E-state index contributed by atoms with van der Waals surface area (Å²) >= 11 is 0. The van der Waals surface area contributed by atoms with E-state index in [-0.39, 0.29) is 24.0 Å². The molecule has 0 aliphatic heterocycles. The summed E-state index contributed by atoms with van der Waals surface area (Å²) in [6.07, 6.45) is 0.0373. The van der Waals surface area contributed by atoms with Crippen LogP contribution in [0.1, 0.15) is 34.5 Å². The molecular formula is C17H20N2O3. The highest BCUT2D eigenvalue weighted by Crippen LogP contribution is 2.21. The number of nitrogens with zero attached hydrogens (tertiary/aromatic N) is 2. The average molecular weight is 300 g/mol. The van der Waals surface area contributed by atoms with Gasteiger partial charge in [-0.25, -0.2) is 4.68 Å². The number of benzene rings is 1. The number of rotatable bonds is 4. The SMILES string of the molecule is Cc1cc(C)c(-n2nc(CCC(=O)O)c(=O)cc2C)c(C)c1. The number of hydrogen-bond donors (Lipinski definition) is 1. The van der Waals surface area contributed by atoms with E-state index in [0.717, 1.165) is 22.5 Å². The predicted molar refractivity (Wildman–Crippen MR) is 84.7 cm³/mol. The molecule has 22 heavy (non-hydrogen) atoms. The highest BCUT2D eigenvalue weighted by molar-refractivity contribution is 5.66. The van der Waals surface area contributed by atoms with Gasteiger partial charge in [0.05, 0.1) is 12.1 Å². The van der Waals surface area contributed by atoms with Crippen LogP contribution in [0.2, 0.25) is 0 Å². The number of carbonyl (C=O) groups is 1. The molecule has 0 radical (unpaired) electrons. The fourth-order valence-corrected chi connectivity index (χ4v) is 2.71. The Morgan fingerprint density at radius 1 is 1.14 bits per heavy atom. The van der Waals surface area contributed by atoms with Crippen molar-refractivity contribution in [2.45, 2.75) is 40.5 Å². The normalized spacial score (nSPS) is 10.7. The maximum atomic E-state index is 12.0. The van der Waals surface area contributed by atoms with Gasteiger partial charge >= 0.3 is 5.97 Å².